The molecule has 5 heteroatoms. The van der Waals surface area contributed by atoms with E-state index < -0.39 is 0 Å². The van der Waals surface area contributed by atoms with Crippen molar-refractivity contribution in [2.75, 3.05) is 0 Å². The third kappa shape index (κ3) is 3.02. The van der Waals surface area contributed by atoms with Gasteiger partial charge in [0.25, 0.3) is 0 Å². The first-order valence-corrected chi connectivity index (χ1v) is 11.2. The van der Waals surface area contributed by atoms with Crippen molar-refractivity contribution in [2.24, 2.45) is 5.41 Å². The van der Waals surface area contributed by atoms with E-state index in [1.165, 1.54) is 38.5 Å². The van der Waals surface area contributed by atoms with Gasteiger partial charge < -0.3 is 14.6 Å². The normalized spacial score (nSPS) is 34.7. The van der Waals surface area contributed by atoms with E-state index in [-0.39, 0.29) is 12.1 Å². The Morgan fingerprint density at radius 3 is 2.30 bits per heavy atom. The highest BCUT2D eigenvalue weighted by molar-refractivity contribution is 5.92. The molecule has 3 aliphatic carbocycles. The summed E-state index contributed by atoms with van der Waals surface area (Å²) in [7, 11) is 0. The van der Waals surface area contributed by atoms with Crippen molar-refractivity contribution in [1.82, 2.24) is 10.5 Å². The molecule has 5 aliphatic rings. The number of hydrogen-bond donors (Lipinski definition) is 1. The molecule has 2 saturated heterocycles. The number of carbonyl (C=O) groups excluding carboxylic acids is 1. The highest BCUT2D eigenvalue weighted by Crippen LogP contribution is 2.59. The fraction of sp³-hybridized carbons (Fsp3) is 0.818. The summed E-state index contributed by atoms with van der Waals surface area (Å²) >= 11 is 0. The van der Waals surface area contributed by atoms with Gasteiger partial charge in [0, 0.05) is 23.9 Å². The highest BCUT2D eigenvalue weighted by Gasteiger charge is 2.47. The van der Waals surface area contributed by atoms with E-state index in [4.69, 9.17) is 9.26 Å². The summed E-state index contributed by atoms with van der Waals surface area (Å²) in [4.78, 5) is 13.2. The van der Waals surface area contributed by atoms with E-state index in [1.54, 1.807) is 0 Å². The first-order chi connectivity index (χ1) is 13.2. The maximum Gasteiger partial charge on any atom is 0.344 e. The molecule has 1 aromatic rings. The van der Waals surface area contributed by atoms with Crippen LogP contribution >= 0.6 is 0 Å². The molecule has 0 radical (unpaired) electrons. The maximum absolute atomic E-state index is 13.2. The Morgan fingerprint density at radius 1 is 0.963 bits per heavy atom. The second-order valence-corrected chi connectivity index (χ2v) is 9.99. The Balaban J connectivity index is 1.22. The van der Waals surface area contributed by atoms with E-state index in [0.717, 1.165) is 50.0 Å². The van der Waals surface area contributed by atoms with Gasteiger partial charge in [0.1, 0.15) is 17.4 Å². The van der Waals surface area contributed by atoms with Gasteiger partial charge >= 0.3 is 5.97 Å². The van der Waals surface area contributed by atoms with Gasteiger partial charge in [0.2, 0.25) is 0 Å². The van der Waals surface area contributed by atoms with Crippen LogP contribution in [-0.2, 0) is 4.74 Å². The summed E-state index contributed by atoms with van der Waals surface area (Å²) in [6.07, 6.45) is 14.3. The average Bonchev–Trinajstić information content (AvgIpc) is 3.58. The minimum absolute atomic E-state index is 0.0483. The van der Waals surface area contributed by atoms with Crippen LogP contribution in [0.2, 0.25) is 0 Å². The van der Waals surface area contributed by atoms with E-state index in [1.807, 2.05) is 0 Å². The number of fused-ring (bicyclic) bond motifs is 2. The van der Waals surface area contributed by atoms with Gasteiger partial charge in [-0.3, -0.25) is 0 Å². The van der Waals surface area contributed by atoms with Crippen LogP contribution in [0.3, 0.4) is 0 Å². The largest absolute Gasteiger partial charge is 0.459 e. The van der Waals surface area contributed by atoms with Crippen LogP contribution in [0.5, 0.6) is 0 Å². The molecule has 2 aliphatic heterocycles. The molecule has 3 atom stereocenters. The predicted molar refractivity (Wildman–Crippen MR) is 99.7 cm³/mol. The van der Waals surface area contributed by atoms with Crippen LogP contribution in [0.25, 0.3) is 0 Å². The molecule has 1 spiro atoms. The Kier molecular flexibility index (Phi) is 3.73. The van der Waals surface area contributed by atoms with E-state index in [2.05, 4.69) is 10.5 Å². The van der Waals surface area contributed by atoms with Gasteiger partial charge in [0.05, 0.1) is 0 Å². The first-order valence-electron chi connectivity index (χ1n) is 11.2. The number of nitrogens with zero attached hydrogens (tertiary/aromatic N) is 1. The molecular formula is C22H30N2O3. The van der Waals surface area contributed by atoms with Gasteiger partial charge in [-0.2, -0.15) is 0 Å². The lowest BCUT2D eigenvalue weighted by Gasteiger charge is -2.29. The van der Waals surface area contributed by atoms with Crippen LogP contribution in [-0.4, -0.2) is 29.3 Å². The van der Waals surface area contributed by atoms with Crippen LogP contribution in [0.15, 0.2) is 4.52 Å². The Bertz CT molecular complexity index is 727. The topological polar surface area (TPSA) is 64.4 Å². The van der Waals surface area contributed by atoms with Crippen molar-refractivity contribution in [3.63, 3.8) is 0 Å². The van der Waals surface area contributed by atoms with Crippen molar-refractivity contribution in [2.45, 2.75) is 107 Å². The van der Waals surface area contributed by atoms with E-state index >= 15 is 0 Å². The summed E-state index contributed by atoms with van der Waals surface area (Å²) in [5.41, 5.74) is 2.27. The summed E-state index contributed by atoms with van der Waals surface area (Å²) in [6.45, 7) is 0. The third-order valence-electron chi connectivity index (χ3n) is 7.99. The first kappa shape index (κ1) is 16.6. The number of piperidine rings is 1. The fourth-order valence-electron chi connectivity index (χ4n) is 5.92. The molecule has 6 rings (SSSR count). The zero-order valence-corrected chi connectivity index (χ0v) is 16.0. The number of esters is 1. The van der Waals surface area contributed by atoms with Crippen LogP contribution in [0.1, 0.15) is 111 Å². The zero-order valence-electron chi connectivity index (χ0n) is 16.0. The number of rotatable bonds is 4. The minimum Gasteiger partial charge on any atom is -0.459 e. The Morgan fingerprint density at radius 2 is 1.67 bits per heavy atom. The Labute approximate surface area is 160 Å². The lowest BCUT2D eigenvalue weighted by molar-refractivity contribution is 0.0173. The van der Waals surface area contributed by atoms with Crippen molar-refractivity contribution in [3.05, 3.63) is 17.0 Å². The second kappa shape index (κ2) is 6.07. The van der Waals surface area contributed by atoms with Crippen LogP contribution < -0.4 is 5.32 Å². The molecule has 27 heavy (non-hydrogen) atoms. The summed E-state index contributed by atoms with van der Waals surface area (Å²) < 4.78 is 11.8. The molecule has 5 fully saturated rings. The Hall–Kier alpha value is -1.36. The monoisotopic (exact) mass is 370 g/mol. The van der Waals surface area contributed by atoms with Crippen molar-refractivity contribution < 1.29 is 14.1 Å². The number of carbonyl (C=O) groups is 1. The second-order valence-electron chi connectivity index (χ2n) is 9.99. The van der Waals surface area contributed by atoms with Gasteiger partial charge in [-0.25, -0.2) is 4.79 Å². The van der Waals surface area contributed by atoms with Crippen molar-refractivity contribution >= 4 is 5.97 Å². The average molecular weight is 370 g/mol. The number of hydrogen-bond acceptors (Lipinski definition) is 5. The third-order valence-corrected chi connectivity index (χ3v) is 7.99. The highest BCUT2D eigenvalue weighted by atomic mass is 16.5. The zero-order chi connectivity index (χ0) is 18.0. The van der Waals surface area contributed by atoms with Crippen LogP contribution in [0.4, 0.5) is 0 Å². The van der Waals surface area contributed by atoms with Gasteiger partial charge in [-0.15, -0.1) is 0 Å². The predicted octanol–water partition coefficient (Wildman–Crippen LogP) is 4.43. The van der Waals surface area contributed by atoms with Crippen molar-refractivity contribution in [1.29, 1.82) is 0 Å². The van der Waals surface area contributed by atoms with Gasteiger partial charge in [-0.05, 0) is 82.5 Å². The van der Waals surface area contributed by atoms with E-state index in [9.17, 15) is 4.79 Å². The maximum atomic E-state index is 13.2. The molecule has 1 aromatic heterocycles. The lowest BCUT2D eigenvalue weighted by atomic mass is 9.77. The number of aromatic nitrogens is 1. The molecule has 3 saturated carbocycles. The quantitative estimate of drug-likeness (QED) is 0.794. The SMILES string of the molecule is O=C(O[C@H]1C[C@H]2CC[C@@H](C1)N2)c1c(C2CCC3(CC2)CC3)noc1C1CC1. The molecular weight excluding hydrogens is 340 g/mol. The molecule has 2 bridgehead atoms. The lowest BCUT2D eigenvalue weighted by Crippen LogP contribution is -2.42. The number of nitrogens with one attached hydrogen (secondary N) is 1. The van der Waals surface area contributed by atoms with Crippen LogP contribution in [0, 0.1) is 5.41 Å². The van der Waals surface area contributed by atoms with Gasteiger partial charge in [0.15, 0.2) is 5.76 Å². The smallest absolute Gasteiger partial charge is 0.344 e. The number of ether oxygens (including phenoxy) is 1. The molecule has 1 N–H and O–H groups in total. The van der Waals surface area contributed by atoms with Crippen molar-refractivity contribution in [3.8, 4) is 0 Å². The molecule has 3 heterocycles. The summed E-state index contributed by atoms with van der Waals surface area (Å²) in [5.74, 6) is 1.42. The molecule has 0 unspecified atom stereocenters. The molecule has 0 amide bonds. The minimum atomic E-state index is -0.161. The summed E-state index contributed by atoms with van der Waals surface area (Å²) in [5, 5.41) is 8.06. The standard InChI is InChI=1S/C22H30N2O3/c25-21(26-17-11-15-3-4-16(12-17)23-15)18-19(24-27-20(18)14-1-2-14)13-5-7-22(8-6-13)9-10-22/h13-17,23H,1-12H2/t15-,16+,17+. The van der Waals surface area contributed by atoms with Gasteiger partial charge in [-0.1, -0.05) is 5.16 Å². The summed E-state index contributed by atoms with van der Waals surface area (Å²) in [6, 6.07) is 1.05. The fourth-order valence-corrected chi connectivity index (χ4v) is 5.92. The molecule has 146 valence electrons. The van der Waals surface area contributed by atoms with E-state index in [0.29, 0.717) is 34.9 Å². The molecule has 0 aromatic carbocycles. The molecule has 5 nitrogen and oxygen atoms in total.